The van der Waals surface area contributed by atoms with Crippen LogP contribution in [0.1, 0.15) is 49.3 Å². The smallest absolute Gasteiger partial charge is 0.281 e. The van der Waals surface area contributed by atoms with E-state index in [2.05, 4.69) is 25.5 Å². The zero-order valence-electron chi connectivity index (χ0n) is 17.0. The Morgan fingerprint density at radius 2 is 1.90 bits per heavy atom. The largest absolute Gasteiger partial charge is 0.512 e. The first-order valence-corrected chi connectivity index (χ1v) is 10.0. The first-order chi connectivity index (χ1) is 14.0. The molecule has 0 radical (unpaired) electrons. The van der Waals surface area contributed by atoms with Gasteiger partial charge in [-0.15, -0.1) is 5.10 Å². The molecule has 0 aliphatic carbocycles. The topological polar surface area (TPSA) is 62.1 Å². The van der Waals surface area contributed by atoms with Crippen LogP contribution in [0.3, 0.4) is 0 Å². The van der Waals surface area contributed by atoms with E-state index in [1.165, 1.54) is 5.01 Å². The summed E-state index contributed by atoms with van der Waals surface area (Å²) >= 11 is 0. The summed E-state index contributed by atoms with van der Waals surface area (Å²) in [6.07, 6.45) is 2.08. The van der Waals surface area contributed by atoms with Gasteiger partial charge in [0.05, 0.1) is 12.3 Å². The molecule has 1 aliphatic rings. The van der Waals surface area contributed by atoms with Crippen LogP contribution in [0.15, 0.2) is 72.0 Å². The van der Waals surface area contributed by atoms with Gasteiger partial charge in [-0.05, 0) is 35.6 Å². The van der Waals surface area contributed by atoms with Crippen LogP contribution in [0.25, 0.3) is 0 Å². The number of hydrazone groups is 1. The Balaban J connectivity index is 1.76. The van der Waals surface area contributed by atoms with E-state index in [1.54, 1.807) is 0 Å². The van der Waals surface area contributed by atoms with Crippen LogP contribution in [0, 0.1) is 5.92 Å². The van der Waals surface area contributed by atoms with Gasteiger partial charge in [0.2, 0.25) is 5.90 Å². The van der Waals surface area contributed by atoms with Crippen LogP contribution >= 0.6 is 0 Å². The second kappa shape index (κ2) is 9.41. The fraction of sp³-hybridized carbons (Fsp3) is 0.333. The van der Waals surface area contributed by atoms with Crippen molar-refractivity contribution in [1.82, 2.24) is 5.01 Å². The van der Waals surface area contributed by atoms with Gasteiger partial charge in [-0.2, -0.15) is 0 Å². The highest BCUT2D eigenvalue weighted by Gasteiger charge is 2.24. The third kappa shape index (κ3) is 5.05. The van der Waals surface area contributed by atoms with E-state index in [0.29, 0.717) is 18.4 Å². The Bertz CT molecular complexity index is 875. The van der Waals surface area contributed by atoms with Crippen molar-refractivity contribution in [1.29, 1.82) is 0 Å². The summed E-state index contributed by atoms with van der Waals surface area (Å²) in [6, 6.07) is 17.5. The second-order valence-corrected chi connectivity index (χ2v) is 7.49. The number of allylic oxidation sites excluding steroid dienone is 1. The maximum atomic E-state index is 12.3. The van der Waals surface area contributed by atoms with Crippen LogP contribution in [-0.4, -0.2) is 28.5 Å². The van der Waals surface area contributed by atoms with Crippen molar-refractivity contribution in [2.45, 2.75) is 39.2 Å². The third-order valence-electron chi connectivity index (χ3n) is 5.20. The Morgan fingerprint density at radius 3 is 2.52 bits per heavy atom. The Kier molecular flexibility index (Phi) is 6.70. The third-order valence-corrected chi connectivity index (χ3v) is 5.20. The molecule has 0 saturated heterocycles. The van der Waals surface area contributed by atoms with Crippen LogP contribution in [0.2, 0.25) is 0 Å². The molecule has 2 unspecified atom stereocenters. The van der Waals surface area contributed by atoms with Crippen LogP contribution in [0.5, 0.6) is 0 Å². The summed E-state index contributed by atoms with van der Waals surface area (Å²) < 4.78 is 5.49. The molecule has 0 spiro atoms. The molecule has 2 aromatic carbocycles. The van der Waals surface area contributed by atoms with Crippen LogP contribution < -0.4 is 0 Å². The summed E-state index contributed by atoms with van der Waals surface area (Å²) in [7, 11) is 0. The average molecular weight is 392 g/mol. The lowest BCUT2D eigenvalue weighted by Gasteiger charge is -2.25. The quantitative estimate of drug-likeness (QED) is 0.643. The lowest BCUT2D eigenvalue weighted by Crippen LogP contribution is -2.36. The fourth-order valence-electron chi connectivity index (χ4n) is 3.72. The van der Waals surface area contributed by atoms with Gasteiger partial charge in [-0.3, -0.25) is 4.79 Å². The molecule has 1 aliphatic heterocycles. The van der Waals surface area contributed by atoms with Crippen molar-refractivity contribution in [3.05, 3.63) is 83.6 Å². The first kappa shape index (κ1) is 20.6. The normalized spacial score (nSPS) is 16.0. The molecule has 3 rings (SSSR count). The van der Waals surface area contributed by atoms with E-state index < -0.39 is 0 Å². The van der Waals surface area contributed by atoms with Crippen molar-refractivity contribution in [2.24, 2.45) is 11.0 Å². The number of amides is 1. The van der Waals surface area contributed by atoms with Gasteiger partial charge in [-0.1, -0.05) is 69.3 Å². The summed E-state index contributed by atoms with van der Waals surface area (Å²) in [5.74, 6) is 0.692. The van der Waals surface area contributed by atoms with Crippen molar-refractivity contribution in [3.63, 3.8) is 0 Å². The maximum absolute atomic E-state index is 12.3. The molecule has 5 heteroatoms. The minimum atomic E-state index is -0.174. The molecule has 1 amide bonds. The molecule has 5 nitrogen and oxygen atoms in total. The monoisotopic (exact) mass is 392 g/mol. The molecule has 152 valence electrons. The number of aliphatic hydroxyl groups excluding tert-OH is 1. The fourth-order valence-corrected chi connectivity index (χ4v) is 3.72. The number of aliphatic hydroxyl groups is 1. The van der Waals surface area contributed by atoms with E-state index in [0.717, 1.165) is 29.5 Å². The zero-order chi connectivity index (χ0) is 20.8. The Labute approximate surface area is 172 Å². The number of hydrogen-bond acceptors (Lipinski definition) is 4. The SMILES string of the molecule is C=C(O)C(c1ccc(CN2N=C(c3ccccc3)OCC2=O)cc1)C(C)CCC. The zero-order valence-corrected chi connectivity index (χ0v) is 17.0. The number of benzene rings is 2. The van der Waals surface area contributed by atoms with E-state index in [-0.39, 0.29) is 24.2 Å². The molecule has 1 N–H and O–H groups in total. The number of carbonyl (C=O) groups excluding carboxylic acids is 1. The van der Waals surface area contributed by atoms with Crippen molar-refractivity contribution in [2.75, 3.05) is 6.61 Å². The van der Waals surface area contributed by atoms with Gasteiger partial charge in [0.1, 0.15) is 0 Å². The number of ether oxygens (including phenoxy) is 1. The standard InChI is InChI=1S/C24H28N2O3/c1-4-8-17(2)23(18(3)27)20-13-11-19(12-14-20)15-26-22(28)16-29-24(25-26)21-9-6-5-7-10-21/h5-7,9-14,17,23,27H,3-4,8,15-16H2,1-2H3. The maximum Gasteiger partial charge on any atom is 0.281 e. The molecule has 0 bridgehead atoms. The average Bonchev–Trinajstić information content (AvgIpc) is 2.72. The van der Waals surface area contributed by atoms with Gasteiger partial charge in [-0.25, -0.2) is 5.01 Å². The molecule has 0 aromatic heterocycles. The molecule has 2 aromatic rings. The van der Waals surface area contributed by atoms with E-state index in [1.807, 2.05) is 54.6 Å². The molecule has 2 atom stereocenters. The van der Waals surface area contributed by atoms with Crippen molar-refractivity contribution >= 4 is 11.8 Å². The summed E-state index contributed by atoms with van der Waals surface area (Å²) in [5.41, 5.74) is 2.84. The summed E-state index contributed by atoms with van der Waals surface area (Å²) in [6.45, 7) is 8.39. The molecule has 1 heterocycles. The lowest BCUT2D eigenvalue weighted by atomic mass is 9.83. The highest BCUT2D eigenvalue weighted by molar-refractivity contribution is 5.97. The predicted octanol–water partition coefficient (Wildman–Crippen LogP) is 5.00. The molecular weight excluding hydrogens is 364 g/mol. The van der Waals surface area contributed by atoms with Crippen LogP contribution in [-0.2, 0) is 16.1 Å². The van der Waals surface area contributed by atoms with Crippen LogP contribution in [0.4, 0.5) is 0 Å². The van der Waals surface area contributed by atoms with E-state index in [9.17, 15) is 9.90 Å². The summed E-state index contributed by atoms with van der Waals surface area (Å²) in [5, 5.41) is 15.9. The van der Waals surface area contributed by atoms with E-state index >= 15 is 0 Å². The number of nitrogens with zero attached hydrogens (tertiary/aromatic N) is 2. The molecular formula is C24H28N2O3. The van der Waals surface area contributed by atoms with Gasteiger partial charge >= 0.3 is 0 Å². The number of hydrogen-bond donors (Lipinski definition) is 1. The van der Waals surface area contributed by atoms with Gasteiger partial charge in [0.15, 0.2) is 6.61 Å². The number of rotatable bonds is 8. The molecule has 0 fully saturated rings. The predicted molar refractivity (Wildman–Crippen MR) is 115 cm³/mol. The van der Waals surface area contributed by atoms with Gasteiger partial charge in [0.25, 0.3) is 5.91 Å². The molecule has 0 saturated carbocycles. The van der Waals surface area contributed by atoms with E-state index in [4.69, 9.17) is 4.74 Å². The van der Waals surface area contributed by atoms with Gasteiger partial charge in [0, 0.05) is 11.5 Å². The summed E-state index contributed by atoms with van der Waals surface area (Å²) in [4.78, 5) is 12.3. The number of carbonyl (C=O) groups is 1. The Morgan fingerprint density at radius 1 is 1.21 bits per heavy atom. The van der Waals surface area contributed by atoms with Crippen molar-refractivity contribution < 1.29 is 14.6 Å². The Hall–Kier alpha value is -3.08. The van der Waals surface area contributed by atoms with Crippen molar-refractivity contribution in [3.8, 4) is 0 Å². The van der Waals surface area contributed by atoms with Gasteiger partial charge < -0.3 is 9.84 Å². The highest BCUT2D eigenvalue weighted by Crippen LogP contribution is 2.32. The molecule has 29 heavy (non-hydrogen) atoms. The minimum absolute atomic E-state index is 0.0211. The lowest BCUT2D eigenvalue weighted by molar-refractivity contribution is -0.136. The second-order valence-electron chi connectivity index (χ2n) is 7.49. The minimum Gasteiger partial charge on any atom is -0.512 e. The highest BCUT2D eigenvalue weighted by atomic mass is 16.5. The first-order valence-electron chi connectivity index (χ1n) is 10.0.